The molecule has 0 unspecified atom stereocenters. The number of hydrogen-bond donors (Lipinski definition) is 1. The molecule has 5 heteroatoms. The van der Waals surface area contributed by atoms with Crippen LogP contribution in [-0.4, -0.2) is 18.5 Å². The van der Waals surface area contributed by atoms with E-state index in [9.17, 15) is 9.59 Å². The molecule has 1 N–H and O–H groups in total. The maximum absolute atomic E-state index is 12.6. The first-order valence-electron chi connectivity index (χ1n) is 10.0. The van der Waals surface area contributed by atoms with E-state index in [0.29, 0.717) is 12.2 Å². The summed E-state index contributed by atoms with van der Waals surface area (Å²) in [5.41, 5.74) is 5.00. The highest BCUT2D eigenvalue weighted by molar-refractivity contribution is 7.14. The molecule has 0 aliphatic carbocycles. The van der Waals surface area contributed by atoms with E-state index in [-0.39, 0.29) is 23.7 Å². The third kappa shape index (κ3) is 5.57. The zero-order chi connectivity index (χ0) is 21.7. The van der Waals surface area contributed by atoms with Crippen LogP contribution in [0, 0.1) is 0 Å². The summed E-state index contributed by atoms with van der Waals surface area (Å²) in [5.74, 6) is -0.439. The standard InChI is InChI=1S/C25H27NO3S/c1-5-29-23(27)14-17-6-8-19(9-7-17)24(28)26-22-15-20(16-30-22)18-10-12-21(13-11-18)25(2,3)4/h6-13,15-16H,5,14H2,1-4H3,(H,26,28). The molecule has 1 amide bonds. The number of thiophene rings is 1. The number of benzene rings is 2. The van der Waals surface area contributed by atoms with E-state index in [1.165, 1.54) is 16.9 Å². The van der Waals surface area contributed by atoms with Crippen LogP contribution in [0.2, 0.25) is 0 Å². The molecule has 156 valence electrons. The molecule has 0 fully saturated rings. The second-order valence-electron chi connectivity index (χ2n) is 8.16. The third-order valence-electron chi connectivity index (χ3n) is 4.79. The average molecular weight is 422 g/mol. The van der Waals surface area contributed by atoms with Crippen molar-refractivity contribution in [2.75, 3.05) is 11.9 Å². The Morgan fingerprint density at radius 1 is 0.967 bits per heavy atom. The summed E-state index contributed by atoms with van der Waals surface area (Å²) < 4.78 is 4.95. The van der Waals surface area contributed by atoms with Gasteiger partial charge in [-0.2, -0.15) is 0 Å². The topological polar surface area (TPSA) is 55.4 Å². The van der Waals surface area contributed by atoms with Crippen molar-refractivity contribution in [3.63, 3.8) is 0 Å². The Labute approximate surface area is 181 Å². The molecule has 1 aromatic heterocycles. The van der Waals surface area contributed by atoms with Crippen molar-refractivity contribution in [2.45, 2.75) is 39.5 Å². The van der Waals surface area contributed by atoms with Gasteiger partial charge in [0.15, 0.2) is 0 Å². The van der Waals surface area contributed by atoms with Gasteiger partial charge in [0.05, 0.1) is 18.0 Å². The lowest BCUT2D eigenvalue weighted by molar-refractivity contribution is -0.142. The molecule has 0 spiro atoms. The minimum Gasteiger partial charge on any atom is -0.466 e. The number of ether oxygens (including phenoxy) is 1. The van der Waals surface area contributed by atoms with Gasteiger partial charge >= 0.3 is 5.97 Å². The lowest BCUT2D eigenvalue weighted by atomic mass is 9.86. The predicted molar refractivity (Wildman–Crippen MR) is 123 cm³/mol. The molecular weight excluding hydrogens is 394 g/mol. The number of rotatable bonds is 6. The summed E-state index contributed by atoms with van der Waals surface area (Å²) >= 11 is 1.50. The molecule has 3 aromatic rings. The number of carbonyl (C=O) groups excluding carboxylic acids is 2. The smallest absolute Gasteiger partial charge is 0.310 e. The summed E-state index contributed by atoms with van der Waals surface area (Å²) in [6, 6.07) is 17.6. The molecule has 0 radical (unpaired) electrons. The van der Waals surface area contributed by atoms with Gasteiger partial charge in [-0.1, -0.05) is 57.2 Å². The molecular formula is C25H27NO3S. The minimum absolute atomic E-state index is 0.123. The predicted octanol–water partition coefficient (Wildman–Crippen LogP) is 6.07. The third-order valence-corrected chi connectivity index (χ3v) is 5.64. The Morgan fingerprint density at radius 2 is 1.63 bits per heavy atom. The van der Waals surface area contributed by atoms with Crippen LogP contribution in [-0.2, 0) is 21.4 Å². The number of hydrogen-bond acceptors (Lipinski definition) is 4. The molecule has 0 saturated heterocycles. The Hall–Kier alpha value is -2.92. The highest BCUT2D eigenvalue weighted by Crippen LogP contribution is 2.31. The molecule has 0 bridgehead atoms. The van der Waals surface area contributed by atoms with Gasteiger partial charge < -0.3 is 10.1 Å². The van der Waals surface area contributed by atoms with Crippen molar-refractivity contribution in [3.05, 3.63) is 76.7 Å². The van der Waals surface area contributed by atoms with Crippen LogP contribution in [0.25, 0.3) is 11.1 Å². The lowest BCUT2D eigenvalue weighted by Gasteiger charge is -2.19. The summed E-state index contributed by atoms with van der Waals surface area (Å²) in [7, 11) is 0. The molecule has 2 aromatic carbocycles. The Balaban J connectivity index is 1.64. The van der Waals surface area contributed by atoms with Gasteiger partial charge in [-0.15, -0.1) is 11.3 Å². The fourth-order valence-electron chi connectivity index (χ4n) is 3.05. The molecule has 30 heavy (non-hydrogen) atoms. The van der Waals surface area contributed by atoms with E-state index in [2.05, 4.69) is 50.4 Å². The lowest BCUT2D eigenvalue weighted by Crippen LogP contribution is -2.11. The fraction of sp³-hybridized carbons (Fsp3) is 0.280. The first kappa shape index (κ1) is 21.8. The van der Waals surface area contributed by atoms with E-state index in [1.807, 2.05) is 11.4 Å². The number of carbonyl (C=O) groups is 2. The van der Waals surface area contributed by atoms with Crippen molar-refractivity contribution in [3.8, 4) is 11.1 Å². The van der Waals surface area contributed by atoms with Crippen molar-refractivity contribution in [1.29, 1.82) is 0 Å². The van der Waals surface area contributed by atoms with Crippen molar-refractivity contribution >= 4 is 28.2 Å². The quantitative estimate of drug-likeness (QED) is 0.491. The fourth-order valence-corrected chi connectivity index (χ4v) is 3.86. The van der Waals surface area contributed by atoms with E-state index < -0.39 is 0 Å². The number of esters is 1. The first-order valence-corrected chi connectivity index (χ1v) is 10.9. The van der Waals surface area contributed by atoms with Crippen LogP contribution in [0.1, 0.15) is 49.2 Å². The van der Waals surface area contributed by atoms with Crippen LogP contribution in [0.4, 0.5) is 5.00 Å². The highest BCUT2D eigenvalue weighted by Gasteiger charge is 2.14. The molecule has 0 atom stereocenters. The van der Waals surface area contributed by atoms with Gasteiger partial charge in [0, 0.05) is 10.9 Å². The number of anilines is 1. The second kappa shape index (κ2) is 9.26. The van der Waals surface area contributed by atoms with Crippen molar-refractivity contribution in [1.82, 2.24) is 0 Å². The van der Waals surface area contributed by atoms with E-state index in [0.717, 1.165) is 21.7 Å². The maximum atomic E-state index is 12.6. The molecule has 1 heterocycles. The summed E-state index contributed by atoms with van der Waals surface area (Å²) in [4.78, 5) is 24.1. The molecule has 0 saturated carbocycles. The normalized spacial score (nSPS) is 11.2. The average Bonchev–Trinajstić information content (AvgIpc) is 3.16. The summed E-state index contributed by atoms with van der Waals surface area (Å²) in [5, 5.41) is 5.80. The molecule has 3 rings (SSSR count). The maximum Gasteiger partial charge on any atom is 0.310 e. The zero-order valence-electron chi connectivity index (χ0n) is 17.8. The summed E-state index contributed by atoms with van der Waals surface area (Å²) in [6.45, 7) is 8.74. The van der Waals surface area contributed by atoms with E-state index >= 15 is 0 Å². The van der Waals surface area contributed by atoms with Gasteiger partial charge in [-0.3, -0.25) is 9.59 Å². The van der Waals surface area contributed by atoms with Gasteiger partial charge in [-0.05, 0) is 52.8 Å². The van der Waals surface area contributed by atoms with Crippen LogP contribution < -0.4 is 5.32 Å². The molecule has 4 nitrogen and oxygen atoms in total. The van der Waals surface area contributed by atoms with Crippen molar-refractivity contribution < 1.29 is 14.3 Å². The second-order valence-corrected chi connectivity index (χ2v) is 9.07. The van der Waals surface area contributed by atoms with Gasteiger partial charge in [0.25, 0.3) is 5.91 Å². The van der Waals surface area contributed by atoms with Gasteiger partial charge in [0.2, 0.25) is 0 Å². The number of amides is 1. The van der Waals surface area contributed by atoms with Gasteiger partial charge in [-0.25, -0.2) is 0 Å². The largest absolute Gasteiger partial charge is 0.466 e. The molecule has 0 aliphatic heterocycles. The monoisotopic (exact) mass is 421 g/mol. The van der Waals surface area contributed by atoms with Crippen LogP contribution >= 0.6 is 11.3 Å². The SMILES string of the molecule is CCOC(=O)Cc1ccc(C(=O)Nc2cc(-c3ccc(C(C)(C)C)cc3)cs2)cc1. The Kier molecular flexibility index (Phi) is 6.73. The molecule has 0 aliphatic rings. The van der Waals surface area contributed by atoms with Gasteiger partial charge in [0.1, 0.15) is 0 Å². The van der Waals surface area contributed by atoms with Crippen LogP contribution in [0.5, 0.6) is 0 Å². The Bertz CT molecular complexity index is 1010. The minimum atomic E-state index is -0.267. The zero-order valence-corrected chi connectivity index (χ0v) is 18.6. The summed E-state index contributed by atoms with van der Waals surface area (Å²) in [6.07, 6.45) is 0.206. The van der Waals surface area contributed by atoms with Crippen LogP contribution in [0.15, 0.2) is 60.0 Å². The van der Waals surface area contributed by atoms with E-state index in [4.69, 9.17) is 4.74 Å². The van der Waals surface area contributed by atoms with E-state index in [1.54, 1.807) is 31.2 Å². The highest BCUT2D eigenvalue weighted by atomic mass is 32.1. The number of nitrogens with one attached hydrogen (secondary N) is 1. The first-order chi connectivity index (χ1) is 14.3. The van der Waals surface area contributed by atoms with Crippen molar-refractivity contribution in [2.24, 2.45) is 0 Å². The van der Waals surface area contributed by atoms with Crippen LogP contribution in [0.3, 0.4) is 0 Å². The Morgan fingerprint density at radius 3 is 2.23 bits per heavy atom.